The van der Waals surface area contributed by atoms with E-state index in [1.807, 2.05) is 36.4 Å². The maximum Gasteiger partial charge on any atom is 0.0440 e. The Labute approximate surface area is 249 Å². The van der Waals surface area contributed by atoms with Gasteiger partial charge in [-0.15, -0.1) is 0 Å². The summed E-state index contributed by atoms with van der Waals surface area (Å²) in [7, 11) is 0. The Morgan fingerprint density at radius 2 is 1.39 bits per heavy atom. The number of benzene rings is 2. The zero-order chi connectivity index (χ0) is 29.1. The molecule has 0 aliphatic heterocycles. The van der Waals surface area contributed by atoms with E-state index in [1.54, 1.807) is 12.4 Å². The van der Waals surface area contributed by atoms with Crippen molar-refractivity contribution >= 4 is 11.6 Å². The van der Waals surface area contributed by atoms with Crippen LogP contribution in [0.1, 0.15) is 53.4 Å². The average molecular weight is 571 g/mol. The average Bonchev–Trinajstić information content (AvgIpc) is 2.96. The van der Waals surface area contributed by atoms with E-state index in [4.69, 9.17) is 28.8 Å². The summed E-state index contributed by atoms with van der Waals surface area (Å²) in [5.41, 5.74) is 26.4. The number of aromatic nitrogens is 2. The highest BCUT2D eigenvalue weighted by atomic mass is 35.5. The molecule has 7 N–H and O–H groups in total. The fourth-order valence-electron chi connectivity index (χ4n) is 5.43. The van der Waals surface area contributed by atoms with E-state index < -0.39 is 5.54 Å². The summed E-state index contributed by atoms with van der Waals surface area (Å²) >= 11 is 6.38. The van der Waals surface area contributed by atoms with Crippen molar-refractivity contribution in [3.8, 4) is 0 Å². The molecule has 216 valence electrons. The minimum atomic E-state index is -0.682. The molecule has 0 aliphatic carbocycles. The van der Waals surface area contributed by atoms with E-state index in [2.05, 4.69) is 64.7 Å². The van der Waals surface area contributed by atoms with Gasteiger partial charge in [-0.3, -0.25) is 9.97 Å². The second kappa shape index (κ2) is 15.2. The Bertz CT molecular complexity index is 1280. The van der Waals surface area contributed by atoms with Crippen molar-refractivity contribution in [3.63, 3.8) is 0 Å². The van der Waals surface area contributed by atoms with E-state index >= 15 is 0 Å². The molecule has 6 nitrogen and oxygen atoms in total. The maximum atomic E-state index is 7.17. The molecule has 0 bridgehead atoms. The predicted octanol–water partition coefficient (Wildman–Crippen LogP) is 5.10. The lowest BCUT2D eigenvalue weighted by Gasteiger charge is -2.35. The second-order valence-electron chi connectivity index (χ2n) is 11.0. The number of halogens is 1. The quantitative estimate of drug-likeness (QED) is 0.148. The number of nitrogens with one attached hydrogen (secondary N) is 1. The summed E-state index contributed by atoms with van der Waals surface area (Å²) in [5, 5.41) is 4.40. The first-order chi connectivity index (χ1) is 19.8. The number of aryl methyl sites for hydroxylation is 1. The lowest BCUT2D eigenvalue weighted by molar-refractivity contribution is 0.314. The van der Waals surface area contributed by atoms with Crippen LogP contribution in [0.25, 0.3) is 0 Å². The number of nitrogens with zero attached hydrogens (tertiary/aromatic N) is 2. The third-order valence-corrected chi connectivity index (χ3v) is 7.95. The maximum absolute atomic E-state index is 7.17. The van der Waals surface area contributed by atoms with Crippen LogP contribution in [-0.2, 0) is 37.8 Å². The highest BCUT2D eigenvalue weighted by molar-refractivity contribution is 6.31. The van der Waals surface area contributed by atoms with Crippen LogP contribution < -0.4 is 22.5 Å². The number of pyridine rings is 2. The number of hydrogen-bond acceptors (Lipinski definition) is 6. The smallest absolute Gasteiger partial charge is 0.0440 e. The summed E-state index contributed by atoms with van der Waals surface area (Å²) in [6, 6.07) is 26.4. The fraction of sp³-hybridized carbons (Fsp3) is 0.353. The summed E-state index contributed by atoms with van der Waals surface area (Å²) in [4.78, 5) is 8.90. The third kappa shape index (κ3) is 9.45. The number of hydrogen-bond donors (Lipinski definition) is 4. The topological polar surface area (TPSA) is 116 Å². The lowest BCUT2D eigenvalue weighted by Crippen LogP contribution is -2.47. The van der Waals surface area contributed by atoms with Crippen LogP contribution in [0.3, 0.4) is 0 Å². The molecular weight excluding hydrogens is 528 g/mol. The molecule has 0 spiro atoms. The van der Waals surface area contributed by atoms with Crippen molar-refractivity contribution in [2.24, 2.45) is 17.2 Å². The molecule has 7 heteroatoms. The van der Waals surface area contributed by atoms with Gasteiger partial charge in [-0.05, 0) is 84.8 Å². The highest BCUT2D eigenvalue weighted by Crippen LogP contribution is 2.30. The largest absolute Gasteiger partial charge is 0.327 e. The van der Waals surface area contributed by atoms with Crippen LogP contribution in [0.5, 0.6) is 0 Å². The summed E-state index contributed by atoms with van der Waals surface area (Å²) in [5.74, 6) is 0. The van der Waals surface area contributed by atoms with Crippen LogP contribution in [-0.4, -0.2) is 28.6 Å². The van der Waals surface area contributed by atoms with Gasteiger partial charge in [0.1, 0.15) is 0 Å². The molecule has 2 aromatic carbocycles. The number of rotatable bonds is 15. The molecule has 2 unspecified atom stereocenters. The van der Waals surface area contributed by atoms with Crippen LogP contribution in [0.2, 0.25) is 5.02 Å². The monoisotopic (exact) mass is 570 g/mol. The molecule has 41 heavy (non-hydrogen) atoms. The first kappa shape index (κ1) is 30.8. The van der Waals surface area contributed by atoms with Crippen molar-refractivity contribution in [1.82, 2.24) is 15.3 Å². The van der Waals surface area contributed by atoms with Crippen molar-refractivity contribution < 1.29 is 0 Å². The van der Waals surface area contributed by atoms with Gasteiger partial charge in [-0.1, -0.05) is 67.1 Å². The minimum Gasteiger partial charge on any atom is -0.327 e. The summed E-state index contributed by atoms with van der Waals surface area (Å²) in [6.07, 6.45) is 7.97. The van der Waals surface area contributed by atoms with Gasteiger partial charge in [-0.2, -0.15) is 0 Å². The Morgan fingerprint density at radius 3 is 1.90 bits per heavy atom. The molecule has 4 aromatic rings. The first-order valence-electron chi connectivity index (χ1n) is 14.5. The van der Waals surface area contributed by atoms with Crippen LogP contribution in [0.15, 0.2) is 91.3 Å². The van der Waals surface area contributed by atoms with Crippen molar-refractivity contribution in [2.75, 3.05) is 6.54 Å². The van der Waals surface area contributed by atoms with E-state index in [0.717, 1.165) is 47.9 Å². The lowest BCUT2D eigenvalue weighted by atomic mass is 9.78. The molecule has 4 rings (SSSR count). The van der Waals surface area contributed by atoms with Gasteiger partial charge in [0, 0.05) is 65.8 Å². The summed E-state index contributed by atoms with van der Waals surface area (Å²) < 4.78 is 0. The van der Waals surface area contributed by atoms with Gasteiger partial charge in [0.2, 0.25) is 0 Å². The minimum absolute atomic E-state index is 0.154. The molecule has 2 heterocycles. The standard InChI is InChI=1S/C34H43ClN6/c1-2-27-12-9-25(19-33(27)35)15-18-39-24-26-10-13-28(14-11-26)34(38,22-29(36)20-31-7-3-5-16-40-31)23-30(37)21-32-8-4-6-17-41-32/h3-14,16-17,19,29-30,39H,2,15,18,20-24,36-38H2,1H3. The SMILES string of the molecule is CCc1ccc(CCNCc2ccc(C(N)(CC(N)Cc3ccccn3)CC(N)Cc3ccccn3)cc2)cc1Cl. The molecule has 0 aliphatic rings. The van der Waals surface area contributed by atoms with Crippen LogP contribution in [0.4, 0.5) is 0 Å². The predicted molar refractivity (Wildman–Crippen MR) is 170 cm³/mol. The molecule has 0 saturated carbocycles. The Morgan fingerprint density at radius 1 is 0.805 bits per heavy atom. The number of nitrogens with two attached hydrogens (primary N) is 3. The molecule has 0 fully saturated rings. The first-order valence-corrected chi connectivity index (χ1v) is 14.9. The molecule has 2 aromatic heterocycles. The van der Waals surface area contributed by atoms with Crippen LogP contribution in [0, 0.1) is 0 Å². The molecule has 0 saturated heterocycles. The Balaban J connectivity index is 1.39. The van der Waals surface area contributed by atoms with Crippen molar-refractivity contribution in [1.29, 1.82) is 0 Å². The van der Waals surface area contributed by atoms with Gasteiger partial charge in [-0.25, -0.2) is 0 Å². The normalized spacial score (nSPS) is 14.4. The third-order valence-electron chi connectivity index (χ3n) is 7.59. The zero-order valence-corrected chi connectivity index (χ0v) is 24.7. The van der Waals surface area contributed by atoms with E-state index in [0.29, 0.717) is 25.7 Å². The Kier molecular flexibility index (Phi) is 11.4. The highest BCUT2D eigenvalue weighted by Gasteiger charge is 2.32. The van der Waals surface area contributed by atoms with Crippen molar-refractivity contribution in [3.05, 3.63) is 130 Å². The Hall–Kier alpha value is -3.13. The molecule has 0 radical (unpaired) electrons. The molecule has 2 atom stereocenters. The van der Waals surface area contributed by atoms with Gasteiger partial charge in [0.25, 0.3) is 0 Å². The second-order valence-corrected chi connectivity index (χ2v) is 11.4. The van der Waals surface area contributed by atoms with Crippen molar-refractivity contribution in [2.45, 2.75) is 69.6 Å². The van der Waals surface area contributed by atoms with E-state index in [-0.39, 0.29) is 12.1 Å². The fourth-order valence-corrected chi connectivity index (χ4v) is 5.76. The van der Waals surface area contributed by atoms with Gasteiger partial charge >= 0.3 is 0 Å². The zero-order valence-electron chi connectivity index (χ0n) is 24.0. The summed E-state index contributed by atoms with van der Waals surface area (Å²) in [6.45, 7) is 3.77. The van der Waals surface area contributed by atoms with E-state index in [9.17, 15) is 0 Å². The molecule has 0 amide bonds. The molecular formula is C34H43ClN6. The van der Waals surface area contributed by atoms with E-state index in [1.165, 1.54) is 16.7 Å². The van der Waals surface area contributed by atoms with Gasteiger partial charge in [0.05, 0.1) is 0 Å². The van der Waals surface area contributed by atoms with Gasteiger partial charge < -0.3 is 22.5 Å². The van der Waals surface area contributed by atoms with Crippen LogP contribution >= 0.6 is 11.6 Å². The van der Waals surface area contributed by atoms with Gasteiger partial charge in [0.15, 0.2) is 0 Å².